The Balaban J connectivity index is 1.74. The molecule has 0 unspecified atom stereocenters. The molecular formula is C21H31NO5. The van der Waals surface area contributed by atoms with Gasteiger partial charge in [-0.2, -0.15) is 0 Å². The number of nitrogens with one attached hydrogen (secondary N) is 1. The molecule has 0 saturated heterocycles. The van der Waals surface area contributed by atoms with E-state index in [9.17, 15) is 9.59 Å². The molecule has 0 bridgehead atoms. The smallest absolute Gasteiger partial charge is 0.344 e. The molecule has 2 rings (SSSR count). The van der Waals surface area contributed by atoms with Crippen molar-refractivity contribution >= 4 is 11.9 Å². The van der Waals surface area contributed by atoms with Gasteiger partial charge in [-0.15, -0.1) is 0 Å². The van der Waals surface area contributed by atoms with Crippen molar-refractivity contribution in [2.24, 2.45) is 11.8 Å². The molecule has 1 N–H and O–H groups in total. The summed E-state index contributed by atoms with van der Waals surface area (Å²) in [6.45, 7) is 8.21. The van der Waals surface area contributed by atoms with Crippen molar-refractivity contribution in [3.8, 4) is 11.5 Å². The van der Waals surface area contributed by atoms with Crippen LogP contribution in [0.1, 0.15) is 47.0 Å². The molecule has 0 spiro atoms. The maximum absolute atomic E-state index is 12.3. The third-order valence-corrected chi connectivity index (χ3v) is 5.20. The van der Waals surface area contributed by atoms with Crippen LogP contribution in [0, 0.1) is 11.8 Å². The Labute approximate surface area is 161 Å². The average molecular weight is 377 g/mol. The van der Waals surface area contributed by atoms with E-state index in [2.05, 4.69) is 19.2 Å². The second kappa shape index (κ2) is 10.2. The van der Waals surface area contributed by atoms with Crippen LogP contribution >= 0.6 is 0 Å². The third kappa shape index (κ3) is 6.45. The summed E-state index contributed by atoms with van der Waals surface area (Å²) in [6.07, 6.45) is 2.44. The summed E-state index contributed by atoms with van der Waals surface area (Å²) in [5.74, 6) is 1.46. The quantitative estimate of drug-likeness (QED) is 0.704. The molecule has 1 fully saturated rings. The van der Waals surface area contributed by atoms with Gasteiger partial charge in [0.1, 0.15) is 11.5 Å². The van der Waals surface area contributed by atoms with Gasteiger partial charge in [0, 0.05) is 6.04 Å². The van der Waals surface area contributed by atoms with E-state index in [4.69, 9.17) is 14.2 Å². The van der Waals surface area contributed by atoms with Crippen LogP contribution in [0.15, 0.2) is 24.3 Å². The molecule has 6 nitrogen and oxygen atoms in total. The van der Waals surface area contributed by atoms with Crippen LogP contribution in [0.25, 0.3) is 0 Å². The van der Waals surface area contributed by atoms with E-state index >= 15 is 0 Å². The zero-order chi connectivity index (χ0) is 19.8. The second-order valence-electron chi connectivity index (χ2n) is 7.21. The molecule has 27 heavy (non-hydrogen) atoms. The average Bonchev–Trinajstić information content (AvgIpc) is 2.65. The van der Waals surface area contributed by atoms with Crippen molar-refractivity contribution in [2.45, 2.75) is 59.1 Å². The fourth-order valence-corrected chi connectivity index (χ4v) is 3.31. The summed E-state index contributed by atoms with van der Waals surface area (Å²) in [5.41, 5.74) is 0. The highest BCUT2D eigenvalue weighted by molar-refractivity contribution is 5.83. The van der Waals surface area contributed by atoms with Crippen LogP contribution in [0.4, 0.5) is 0 Å². The first-order valence-electron chi connectivity index (χ1n) is 9.76. The Bertz CT molecular complexity index is 616. The Morgan fingerprint density at radius 3 is 2.37 bits per heavy atom. The molecule has 6 heteroatoms. The molecule has 1 aromatic carbocycles. The van der Waals surface area contributed by atoms with Crippen molar-refractivity contribution in [3.63, 3.8) is 0 Å². The molecule has 150 valence electrons. The molecule has 1 saturated carbocycles. The summed E-state index contributed by atoms with van der Waals surface area (Å²) in [5, 5.41) is 3.03. The molecule has 1 aliphatic carbocycles. The number of carbonyl (C=O) groups is 2. The highest BCUT2D eigenvalue weighted by Crippen LogP contribution is 2.29. The summed E-state index contributed by atoms with van der Waals surface area (Å²) >= 11 is 0. The molecule has 1 aliphatic rings. The molecule has 1 amide bonds. The van der Waals surface area contributed by atoms with Gasteiger partial charge in [0.25, 0.3) is 5.91 Å². The molecule has 4 atom stereocenters. The van der Waals surface area contributed by atoms with Gasteiger partial charge >= 0.3 is 5.97 Å². The summed E-state index contributed by atoms with van der Waals surface area (Å²) in [4.78, 5) is 24.3. The van der Waals surface area contributed by atoms with E-state index in [0.717, 1.165) is 18.6 Å². The van der Waals surface area contributed by atoms with Crippen molar-refractivity contribution in [1.82, 2.24) is 5.32 Å². The Morgan fingerprint density at radius 2 is 1.74 bits per heavy atom. The van der Waals surface area contributed by atoms with Gasteiger partial charge < -0.3 is 19.5 Å². The largest absolute Gasteiger partial charge is 0.494 e. The lowest BCUT2D eigenvalue weighted by atomic mass is 9.78. The lowest BCUT2D eigenvalue weighted by Crippen LogP contribution is -2.47. The number of hydrogen-bond donors (Lipinski definition) is 1. The Morgan fingerprint density at radius 1 is 1.11 bits per heavy atom. The van der Waals surface area contributed by atoms with Crippen molar-refractivity contribution < 1.29 is 23.8 Å². The van der Waals surface area contributed by atoms with Crippen LogP contribution in [0.5, 0.6) is 11.5 Å². The van der Waals surface area contributed by atoms with E-state index in [0.29, 0.717) is 24.2 Å². The van der Waals surface area contributed by atoms with Gasteiger partial charge in [-0.3, -0.25) is 4.79 Å². The summed E-state index contributed by atoms with van der Waals surface area (Å²) in [6, 6.07) is 7.13. The fraction of sp³-hybridized carbons (Fsp3) is 0.619. The predicted octanol–water partition coefficient (Wildman–Crippen LogP) is 3.34. The number of esters is 1. The third-order valence-electron chi connectivity index (χ3n) is 5.20. The molecule has 0 aromatic heterocycles. The van der Waals surface area contributed by atoms with Gasteiger partial charge in [-0.05, 0) is 56.4 Å². The Hall–Kier alpha value is -2.24. The van der Waals surface area contributed by atoms with E-state index in [1.165, 1.54) is 6.42 Å². The predicted molar refractivity (Wildman–Crippen MR) is 103 cm³/mol. The summed E-state index contributed by atoms with van der Waals surface area (Å²) in [7, 11) is 0. The lowest BCUT2D eigenvalue weighted by Gasteiger charge is -2.35. The fourth-order valence-electron chi connectivity index (χ4n) is 3.31. The highest BCUT2D eigenvalue weighted by Gasteiger charge is 2.30. The molecule has 1 aromatic rings. The first kappa shape index (κ1) is 21.1. The number of carbonyl (C=O) groups excluding carboxylic acids is 2. The zero-order valence-electron chi connectivity index (χ0n) is 16.7. The first-order valence-corrected chi connectivity index (χ1v) is 9.76. The van der Waals surface area contributed by atoms with Gasteiger partial charge in [0.2, 0.25) is 0 Å². The minimum atomic E-state index is -0.842. The van der Waals surface area contributed by atoms with Gasteiger partial charge in [0.15, 0.2) is 12.7 Å². The number of ether oxygens (including phenoxy) is 3. The highest BCUT2D eigenvalue weighted by atomic mass is 16.6. The number of benzene rings is 1. The number of rotatable bonds is 8. The monoisotopic (exact) mass is 377 g/mol. The minimum absolute atomic E-state index is 0.141. The SMILES string of the molecule is CCOc1ccc(OCC(=O)O[C@H](C)C(=O)N[C@@H]2CCC[C@H](C)[C@@H]2C)cc1. The number of amides is 1. The van der Waals surface area contributed by atoms with Crippen LogP contribution in [0.2, 0.25) is 0 Å². The topological polar surface area (TPSA) is 73.9 Å². The summed E-state index contributed by atoms with van der Waals surface area (Å²) < 4.78 is 16.0. The molecule has 0 radical (unpaired) electrons. The van der Waals surface area contributed by atoms with E-state index in [1.807, 2.05) is 6.92 Å². The van der Waals surface area contributed by atoms with Gasteiger partial charge in [-0.1, -0.05) is 26.7 Å². The van der Waals surface area contributed by atoms with Gasteiger partial charge in [-0.25, -0.2) is 4.79 Å². The Kier molecular flexibility index (Phi) is 7.95. The van der Waals surface area contributed by atoms with Crippen molar-refractivity contribution in [3.05, 3.63) is 24.3 Å². The maximum Gasteiger partial charge on any atom is 0.344 e. The zero-order valence-corrected chi connectivity index (χ0v) is 16.7. The standard InChI is InChI=1S/C21H31NO5/c1-5-25-17-9-11-18(12-10-17)26-13-20(23)27-16(4)21(24)22-19-8-6-7-14(2)15(19)3/h9-12,14-16,19H,5-8,13H2,1-4H3,(H,22,24)/t14-,15-,16+,19+/m0/s1. The minimum Gasteiger partial charge on any atom is -0.494 e. The molecule has 0 heterocycles. The van der Waals surface area contributed by atoms with E-state index < -0.39 is 12.1 Å². The first-order chi connectivity index (χ1) is 12.9. The van der Waals surface area contributed by atoms with E-state index in [-0.39, 0.29) is 18.6 Å². The normalized spacial score (nSPS) is 23.2. The maximum atomic E-state index is 12.3. The lowest BCUT2D eigenvalue weighted by molar-refractivity contribution is -0.157. The van der Waals surface area contributed by atoms with Crippen LogP contribution < -0.4 is 14.8 Å². The molecular weight excluding hydrogens is 346 g/mol. The van der Waals surface area contributed by atoms with Crippen molar-refractivity contribution in [2.75, 3.05) is 13.2 Å². The van der Waals surface area contributed by atoms with Crippen LogP contribution in [-0.4, -0.2) is 37.2 Å². The van der Waals surface area contributed by atoms with Crippen LogP contribution in [-0.2, 0) is 14.3 Å². The van der Waals surface area contributed by atoms with Crippen molar-refractivity contribution in [1.29, 1.82) is 0 Å². The molecule has 0 aliphatic heterocycles. The van der Waals surface area contributed by atoms with Crippen LogP contribution in [0.3, 0.4) is 0 Å². The van der Waals surface area contributed by atoms with Gasteiger partial charge in [0.05, 0.1) is 6.61 Å². The number of hydrogen-bond acceptors (Lipinski definition) is 5. The van der Waals surface area contributed by atoms with E-state index in [1.54, 1.807) is 31.2 Å². The second-order valence-corrected chi connectivity index (χ2v) is 7.21.